The molecule has 1 aliphatic rings. The Morgan fingerprint density at radius 3 is 2.39 bits per heavy atom. The number of aliphatic hydroxyl groups is 1. The van der Waals surface area contributed by atoms with E-state index < -0.39 is 23.6 Å². The molecular formula is C27H38N4O4S. The van der Waals surface area contributed by atoms with Crippen LogP contribution in [0.15, 0.2) is 29.8 Å². The van der Waals surface area contributed by atoms with Gasteiger partial charge in [0.25, 0.3) is 0 Å². The Balaban J connectivity index is 1.79. The summed E-state index contributed by atoms with van der Waals surface area (Å²) in [6, 6.07) is 6.31. The van der Waals surface area contributed by atoms with E-state index in [4.69, 9.17) is 0 Å². The number of thiazole rings is 1. The van der Waals surface area contributed by atoms with Gasteiger partial charge in [0.15, 0.2) is 0 Å². The SMILES string of the molecule is CCC[C@H](NC(=O)[C@@H]1C[C@@H](O)CN1C(=O)[C@@H](NC(C)=O)C(C)(C)C)c1ccc(-c2scnc2C)cc1. The van der Waals surface area contributed by atoms with E-state index >= 15 is 0 Å². The molecule has 196 valence electrons. The lowest BCUT2D eigenvalue weighted by Crippen LogP contribution is -2.57. The van der Waals surface area contributed by atoms with Crippen molar-refractivity contribution in [1.29, 1.82) is 0 Å². The van der Waals surface area contributed by atoms with Gasteiger partial charge < -0.3 is 20.6 Å². The molecule has 1 fully saturated rings. The normalized spacial score (nSPS) is 19.6. The largest absolute Gasteiger partial charge is 0.391 e. The molecule has 1 saturated heterocycles. The lowest BCUT2D eigenvalue weighted by atomic mass is 9.85. The smallest absolute Gasteiger partial charge is 0.246 e. The van der Waals surface area contributed by atoms with E-state index in [1.54, 1.807) is 11.3 Å². The molecule has 0 saturated carbocycles. The van der Waals surface area contributed by atoms with E-state index in [0.717, 1.165) is 34.5 Å². The summed E-state index contributed by atoms with van der Waals surface area (Å²) >= 11 is 1.60. The van der Waals surface area contributed by atoms with Gasteiger partial charge in [-0.05, 0) is 29.9 Å². The molecule has 4 atom stereocenters. The number of hydrogen-bond donors (Lipinski definition) is 3. The highest BCUT2D eigenvalue weighted by Crippen LogP contribution is 2.30. The summed E-state index contributed by atoms with van der Waals surface area (Å²) < 4.78 is 0. The molecule has 1 aromatic carbocycles. The predicted molar refractivity (Wildman–Crippen MR) is 141 cm³/mol. The number of likely N-dealkylation sites (tertiary alicyclic amines) is 1. The first-order valence-corrected chi connectivity index (χ1v) is 13.4. The zero-order valence-corrected chi connectivity index (χ0v) is 22.8. The van der Waals surface area contributed by atoms with Gasteiger partial charge in [0, 0.05) is 19.9 Å². The van der Waals surface area contributed by atoms with Gasteiger partial charge >= 0.3 is 0 Å². The Morgan fingerprint density at radius 1 is 1.19 bits per heavy atom. The molecule has 0 bridgehead atoms. The fourth-order valence-electron chi connectivity index (χ4n) is 4.65. The first-order chi connectivity index (χ1) is 16.9. The maximum absolute atomic E-state index is 13.5. The molecule has 2 heterocycles. The Morgan fingerprint density at radius 2 is 1.86 bits per heavy atom. The summed E-state index contributed by atoms with van der Waals surface area (Å²) in [6.07, 6.45) is 0.973. The molecule has 0 aliphatic carbocycles. The lowest BCUT2D eigenvalue weighted by molar-refractivity contribution is -0.144. The van der Waals surface area contributed by atoms with Gasteiger partial charge in [-0.2, -0.15) is 0 Å². The van der Waals surface area contributed by atoms with Crippen molar-refractivity contribution in [3.8, 4) is 10.4 Å². The summed E-state index contributed by atoms with van der Waals surface area (Å²) in [5.74, 6) is -0.967. The van der Waals surface area contributed by atoms with Gasteiger partial charge in [-0.1, -0.05) is 58.4 Å². The van der Waals surface area contributed by atoms with Gasteiger partial charge in [-0.3, -0.25) is 14.4 Å². The number of carbonyl (C=O) groups is 3. The van der Waals surface area contributed by atoms with Crippen molar-refractivity contribution < 1.29 is 19.5 Å². The Hall–Kier alpha value is -2.78. The van der Waals surface area contributed by atoms with E-state index in [1.165, 1.54) is 11.8 Å². The minimum Gasteiger partial charge on any atom is -0.391 e. The fourth-order valence-corrected chi connectivity index (χ4v) is 5.46. The highest BCUT2D eigenvalue weighted by Gasteiger charge is 2.44. The van der Waals surface area contributed by atoms with Crippen LogP contribution >= 0.6 is 11.3 Å². The lowest BCUT2D eigenvalue weighted by Gasteiger charge is -2.35. The van der Waals surface area contributed by atoms with Crippen molar-refractivity contribution in [2.75, 3.05) is 6.54 Å². The number of rotatable bonds is 8. The number of aromatic nitrogens is 1. The van der Waals surface area contributed by atoms with Crippen molar-refractivity contribution in [3.63, 3.8) is 0 Å². The third-order valence-electron chi connectivity index (χ3n) is 6.54. The number of hydrogen-bond acceptors (Lipinski definition) is 6. The Bertz CT molecular complexity index is 1080. The van der Waals surface area contributed by atoms with Crippen LogP contribution in [0.5, 0.6) is 0 Å². The van der Waals surface area contributed by atoms with Gasteiger partial charge in [0.05, 0.1) is 28.2 Å². The molecule has 0 spiro atoms. The summed E-state index contributed by atoms with van der Waals surface area (Å²) in [5.41, 5.74) is 4.34. The molecular weight excluding hydrogens is 476 g/mol. The van der Waals surface area contributed by atoms with E-state index in [9.17, 15) is 19.5 Å². The molecule has 0 unspecified atom stereocenters. The van der Waals surface area contributed by atoms with Crippen LogP contribution in [0.25, 0.3) is 10.4 Å². The van der Waals surface area contributed by atoms with E-state index in [0.29, 0.717) is 0 Å². The molecule has 3 N–H and O–H groups in total. The number of carbonyl (C=O) groups excluding carboxylic acids is 3. The zero-order valence-electron chi connectivity index (χ0n) is 22.0. The maximum atomic E-state index is 13.5. The number of β-amino-alcohol motifs (C(OH)–C–C–N with tert-alkyl or cyclic N) is 1. The number of aryl methyl sites for hydroxylation is 1. The first-order valence-electron chi connectivity index (χ1n) is 12.5. The predicted octanol–water partition coefficient (Wildman–Crippen LogP) is 3.59. The molecule has 36 heavy (non-hydrogen) atoms. The summed E-state index contributed by atoms with van der Waals surface area (Å²) in [4.78, 5) is 45.6. The van der Waals surface area contributed by atoms with E-state index in [1.807, 2.05) is 57.5 Å². The molecule has 8 nitrogen and oxygen atoms in total. The quantitative estimate of drug-likeness (QED) is 0.499. The average molecular weight is 515 g/mol. The second-order valence-corrected chi connectivity index (χ2v) is 11.5. The Labute approximate surface area is 217 Å². The molecule has 0 radical (unpaired) electrons. The standard InChI is InChI=1S/C27H38N4O4S/c1-7-8-21(18-9-11-19(12-10-18)23-16(2)28-15-36-23)30-25(34)22-13-20(33)14-31(22)26(35)24(27(4,5)6)29-17(3)32/h9-12,15,20-22,24,33H,7-8,13-14H2,1-6H3,(H,29,32)(H,30,34)/t20-,21+,22+,24-/m1/s1. The molecule has 2 aromatic rings. The minimum absolute atomic E-state index is 0.0599. The molecule has 3 amide bonds. The number of nitrogens with zero attached hydrogens (tertiary/aromatic N) is 2. The average Bonchev–Trinajstić information content (AvgIpc) is 3.41. The third kappa shape index (κ3) is 6.50. The minimum atomic E-state index is -0.801. The van der Waals surface area contributed by atoms with Gasteiger partial charge in [-0.25, -0.2) is 4.98 Å². The van der Waals surface area contributed by atoms with Crippen LogP contribution in [-0.4, -0.2) is 57.4 Å². The van der Waals surface area contributed by atoms with Crippen LogP contribution < -0.4 is 10.6 Å². The van der Waals surface area contributed by atoms with Crippen molar-refractivity contribution in [3.05, 3.63) is 41.0 Å². The zero-order chi connectivity index (χ0) is 26.6. The number of nitrogens with one attached hydrogen (secondary N) is 2. The van der Waals surface area contributed by atoms with Gasteiger partial charge in [0.2, 0.25) is 17.7 Å². The highest BCUT2D eigenvalue weighted by molar-refractivity contribution is 7.13. The van der Waals surface area contributed by atoms with Gasteiger partial charge in [0.1, 0.15) is 12.1 Å². The van der Waals surface area contributed by atoms with Crippen LogP contribution in [-0.2, 0) is 14.4 Å². The van der Waals surface area contributed by atoms with Crippen LogP contribution in [0, 0.1) is 12.3 Å². The summed E-state index contributed by atoms with van der Waals surface area (Å²) in [6.45, 7) is 11.1. The van der Waals surface area contributed by atoms with Crippen LogP contribution in [0.4, 0.5) is 0 Å². The second kappa shape index (κ2) is 11.5. The second-order valence-electron chi connectivity index (χ2n) is 10.6. The van der Waals surface area contributed by atoms with Crippen molar-refractivity contribution in [1.82, 2.24) is 20.5 Å². The van der Waals surface area contributed by atoms with E-state index in [2.05, 4.69) is 22.5 Å². The molecule has 1 aromatic heterocycles. The molecule has 1 aliphatic heterocycles. The Kier molecular flexibility index (Phi) is 8.89. The summed E-state index contributed by atoms with van der Waals surface area (Å²) in [5, 5.41) is 16.2. The van der Waals surface area contributed by atoms with Crippen LogP contribution in [0.3, 0.4) is 0 Å². The topological polar surface area (TPSA) is 112 Å². The van der Waals surface area contributed by atoms with E-state index in [-0.39, 0.29) is 36.7 Å². The highest BCUT2D eigenvalue weighted by atomic mass is 32.1. The maximum Gasteiger partial charge on any atom is 0.246 e. The number of aliphatic hydroxyl groups excluding tert-OH is 1. The van der Waals surface area contributed by atoms with Crippen molar-refractivity contribution >= 4 is 29.1 Å². The van der Waals surface area contributed by atoms with Crippen LogP contribution in [0.2, 0.25) is 0 Å². The fraction of sp³-hybridized carbons (Fsp3) is 0.556. The van der Waals surface area contributed by atoms with Gasteiger partial charge in [-0.15, -0.1) is 11.3 Å². The number of amides is 3. The monoisotopic (exact) mass is 514 g/mol. The summed E-state index contributed by atoms with van der Waals surface area (Å²) in [7, 11) is 0. The van der Waals surface area contributed by atoms with Crippen molar-refractivity contribution in [2.24, 2.45) is 5.41 Å². The van der Waals surface area contributed by atoms with Crippen molar-refractivity contribution in [2.45, 2.75) is 85.0 Å². The first kappa shape index (κ1) is 27.8. The number of benzene rings is 1. The molecule has 3 rings (SSSR count). The van der Waals surface area contributed by atoms with Crippen LogP contribution in [0.1, 0.15) is 71.2 Å². The third-order valence-corrected chi connectivity index (χ3v) is 7.52. The molecule has 9 heteroatoms.